The fourth-order valence-corrected chi connectivity index (χ4v) is 5.03. The topological polar surface area (TPSA) is 93.0 Å². The second kappa shape index (κ2) is 7.81. The number of hydrogen-bond acceptors (Lipinski definition) is 4. The molecule has 150 valence electrons. The molecule has 0 bridgehead atoms. The van der Waals surface area contributed by atoms with Crippen LogP contribution in [0.15, 0.2) is 116 Å². The van der Waals surface area contributed by atoms with Crippen LogP contribution in [0.4, 0.5) is 0 Å². The van der Waals surface area contributed by atoms with Gasteiger partial charge in [0.15, 0.2) is 0 Å². The summed E-state index contributed by atoms with van der Waals surface area (Å²) < 4.78 is 58.6. The smallest absolute Gasteiger partial charge is 0.199 e. The molecular weight excluding hydrogens is 420 g/mol. The molecule has 0 heterocycles. The molecule has 0 fully saturated rings. The molecule has 0 aromatic heterocycles. The van der Waals surface area contributed by atoms with Crippen molar-refractivity contribution in [3.8, 4) is 0 Å². The molecule has 0 saturated carbocycles. The first-order chi connectivity index (χ1) is 14.4. The van der Waals surface area contributed by atoms with Crippen LogP contribution in [0.3, 0.4) is 0 Å². The van der Waals surface area contributed by atoms with E-state index in [0.29, 0.717) is 11.1 Å². The number of fused-ring (bicyclic) bond motifs is 1. The Labute approximate surface area is 175 Å². The van der Waals surface area contributed by atoms with E-state index >= 15 is 0 Å². The Bertz CT molecular complexity index is 1280. The molecule has 0 N–H and O–H groups in total. The first kappa shape index (κ1) is 19.9. The summed E-state index contributed by atoms with van der Waals surface area (Å²) in [5, 5.41) is 0. The average Bonchev–Trinajstić information content (AvgIpc) is 2.76. The maximum absolute atomic E-state index is 12.7. The second-order valence-electron chi connectivity index (χ2n) is 6.41. The molecule has 6 nitrogen and oxygen atoms in total. The van der Waals surface area contributed by atoms with Gasteiger partial charge in [0.2, 0.25) is 0 Å². The van der Waals surface area contributed by atoms with Crippen molar-refractivity contribution in [3.05, 3.63) is 108 Å². The Balaban J connectivity index is 1.81. The van der Waals surface area contributed by atoms with Crippen LogP contribution in [0.5, 0.6) is 0 Å². The lowest BCUT2D eigenvalue weighted by Crippen LogP contribution is -2.16. The average molecular weight is 437 g/mol. The van der Waals surface area contributed by atoms with Gasteiger partial charge in [-0.15, -0.1) is 0 Å². The molecule has 8 heteroatoms. The van der Waals surface area contributed by atoms with Crippen LogP contribution in [0.1, 0.15) is 11.1 Å². The Kier molecular flexibility index (Phi) is 5.19. The molecule has 0 atom stereocenters. The quantitative estimate of drug-likeness (QED) is 0.624. The zero-order valence-corrected chi connectivity index (χ0v) is 17.2. The van der Waals surface area contributed by atoms with Gasteiger partial charge in [0.1, 0.15) is 0 Å². The van der Waals surface area contributed by atoms with Crippen LogP contribution in [-0.2, 0) is 20.0 Å². The summed E-state index contributed by atoms with van der Waals surface area (Å²) in [6.45, 7) is 0. The zero-order valence-electron chi connectivity index (χ0n) is 15.6. The molecule has 0 amide bonds. The first-order valence-electron chi connectivity index (χ1n) is 8.95. The van der Waals surface area contributed by atoms with Gasteiger partial charge in [-0.2, -0.15) is 25.6 Å². The summed E-state index contributed by atoms with van der Waals surface area (Å²) in [4.78, 5) is 0.156. The maximum Gasteiger partial charge on any atom is 0.282 e. The van der Waals surface area contributed by atoms with Crippen molar-refractivity contribution in [2.75, 3.05) is 0 Å². The number of rotatable bonds is 4. The van der Waals surface area contributed by atoms with E-state index in [4.69, 9.17) is 0 Å². The number of hydrogen-bond donors (Lipinski definition) is 0. The normalized spacial score (nSPS) is 16.5. The Morgan fingerprint density at radius 2 is 0.800 bits per heavy atom. The van der Waals surface area contributed by atoms with Gasteiger partial charge in [0, 0.05) is 11.1 Å². The number of benzene rings is 3. The summed E-state index contributed by atoms with van der Waals surface area (Å²) in [5.41, 5.74) is 1.40. The van der Waals surface area contributed by atoms with Crippen molar-refractivity contribution in [2.24, 2.45) is 8.80 Å². The van der Waals surface area contributed by atoms with Crippen molar-refractivity contribution in [2.45, 2.75) is 9.79 Å². The first-order valence-corrected chi connectivity index (χ1v) is 11.8. The number of allylic oxidation sites excluding steroid dienone is 2. The minimum absolute atomic E-state index is 0.0782. The fourth-order valence-electron chi connectivity index (χ4n) is 2.98. The lowest BCUT2D eigenvalue weighted by Gasteiger charge is -2.15. The molecule has 1 aliphatic rings. The van der Waals surface area contributed by atoms with Crippen molar-refractivity contribution >= 4 is 31.5 Å². The highest BCUT2D eigenvalue weighted by Gasteiger charge is 2.22. The van der Waals surface area contributed by atoms with Gasteiger partial charge in [0.25, 0.3) is 20.0 Å². The molecule has 1 aliphatic carbocycles. The summed E-state index contributed by atoms with van der Waals surface area (Å²) in [7, 11) is -7.84. The van der Waals surface area contributed by atoms with E-state index in [1.165, 1.54) is 36.4 Å². The van der Waals surface area contributed by atoms with E-state index < -0.39 is 20.0 Å². The molecule has 30 heavy (non-hydrogen) atoms. The minimum Gasteiger partial charge on any atom is -0.199 e. The van der Waals surface area contributed by atoms with Gasteiger partial charge < -0.3 is 0 Å². The largest absolute Gasteiger partial charge is 0.282 e. The van der Waals surface area contributed by atoms with E-state index in [0.717, 1.165) is 0 Å². The molecule has 3 aromatic rings. The standard InChI is InChI=1S/C22H16N2O4S2/c25-29(26,17-9-3-1-4-10-17)23-21-15-16-22(20-14-8-7-13-19(20)21)24-30(27,28)18-11-5-2-6-12-18/h1-16H/b23-21-,24-22+. The third-order valence-electron chi connectivity index (χ3n) is 4.40. The molecule has 0 aliphatic heterocycles. The molecule has 0 spiro atoms. The Morgan fingerprint density at radius 3 is 1.17 bits per heavy atom. The van der Waals surface area contributed by atoms with Crippen LogP contribution in [0.25, 0.3) is 0 Å². The van der Waals surface area contributed by atoms with Crippen LogP contribution in [0, 0.1) is 0 Å². The van der Waals surface area contributed by atoms with Gasteiger partial charge >= 0.3 is 0 Å². The summed E-state index contributed by atoms with van der Waals surface area (Å²) >= 11 is 0. The minimum atomic E-state index is -3.92. The highest BCUT2D eigenvalue weighted by Crippen LogP contribution is 2.23. The van der Waals surface area contributed by atoms with Crippen molar-refractivity contribution < 1.29 is 16.8 Å². The summed E-state index contributed by atoms with van der Waals surface area (Å²) in [6.07, 6.45) is 2.92. The molecular formula is C22H16N2O4S2. The highest BCUT2D eigenvalue weighted by molar-refractivity contribution is 7.90. The molecule has 3 aromatic carbocycles. The predicted molar refractivity (Wildman–Crippen MR) is 116 cm³/mol. The van der Waals surface area contributed by atoms with Gasteiger partial charge in [-0.25, -0.2) is 0 Å². The molecule has 0 unspecified atom stereocenters. The fraction of sp³-hybridized carbons (Fsp3) is 0. The Hall–Kier alpha value is -3.36. The van der Waals surface area contributed by atoms with Gasteiger partial charge in [-0.3, -0.25) is 0 Å². The SMILES string of the molecule is O=S(=O)(/N=C1C=C/C(=N\S(=O)(=O)c2ccccc2)c2ccccc2/1)c1ccccc1. The Morgan fingerprint density at radius 1 is 0.467 bits per heavy atom. The van der Waals surface area contributed by atoms with Crippen molar-refractivity contribution in [1.82, 2.24) is 0 Å². The van der Waals surface area contributed by atoms with E-state index in [1.807, 2.05) is 0 Å². The van der Waals surface area contributed by atoms with Crippen LogP contribution in [0.2, 0.25) is 0 Å². The van der Waals surface area contributed by atoms with Gasteiger partial charge in [-0.1, -0.05) is 60.7 Å². The van der Waals surface area contributed by atoms with Crippen molar-refractivity contribution in [1.29, 1.82) is 0 Å². The van der Waals surface area contributed by atoms with E-state index in [2.05, 4.69) is 8.80 Å². The predicted octanol–water partition coefficient (Wildman–Crippen LogP) is 3.61. The summed E-state index contributed by atoms with van der Waals surface area (Å²) in [6, 6.07) is 22.6. The van der Waals surface area contributed by atoms with E-state index in [1.54, 1.807) is 60.7 Å². The summed E-state index contributed by atoms with van der Waals surface area (Å²) in [5.74, 6) is 0. The van der Waals surface area contributed by atoms with Crippen molar-refractivity contribution in [3.63, 3.8) is 0 Å². The lowest BCUT2D eigenvalue weighted by atomic mass is 9.94. The third-order valence-corrected chi connectivity index (χ3v) is 7.01. The zero-order chi connectivity index (χ0) is 21.2. The lowest BCUT2D eigenvalue weighted by molar-refractivity contribution is 0.596. The maximum atomic E-state index is 12.7. The third kappa shape index (κ3) is 4.00. The second-order valence-corrected chi connectivity index (χ2v) is 9.62. The highest BCUT2D eigenvalue weighted by atomic mass is 32.2. The van der Waals surface area contributed by atoms with Crippen LogP contribution >= 0.6 is 0 Å². The molecule has 0 saturated heterocycles. The monoisotopic (exact) mass is 436 g/mol. The van der Waals surface area contributed by atoms with Gasteiger partial charge in [-0.05, 0) is 36.4 Å². The molecule has 4 rings (SSSR count). The number of nitrogens with zero attached hydrogens (tertiary/aromatic N) is 2. The van der Waals surface area contributed by atoms with Crippen LogP contribution < -0.4 is 0 Å². The van der Waals surface area contributed by atoms with E-state index in [-0.39, 0.29) is 21.2 Å². The van der Waals surface area contributed by atoms with Gasteiger partial charge in [0.05, 0.1) is 21.2 Å². The van der Waals surface area contributed by atoms with Crippen LogP contribution in [-0.4, -0.2) is 28.3 Å². The number of sulfonamides is 2. The van der Waals surface area contributed by atoms with E-state index in [9.17, 15) is 16.8 Å². The molecule has 0 radical (unpaired) electrons.